The predicted octanol–water partition coefficient (Wildman–Crippen LogP) is 2.95. The van der Waals surface area contributed by atoms with Gasteiger partial charge < -0.3 is 15.4 Å². The molecule has 0 saturated heterocycles. The third kappa shape index (κ3) is 7.79. The number of nitrogens with one attached hydrogen (secondary N) is 2. The van der Waals surface area contributed by atoms with Crippen molar-refractivity contribution in [3.05, 3.63) is 65.7 Å². The minimum Gasteiger partial charge on any atom is -0.435 e. The van der Waals surface area contributed by atoms with E-state index in [1.807, 2.05) is 44.2 Å². The molecule has 0 aliphatic rings. The lowest BCUT2D eigenvalue weighted by molar-refractivity contribution is -0.125. The highest BCUT2D eigenvalue weighted by Crippen LogP contribution is 2.24. The van der Waals surface area contributed by atoms with Crippen LogP contribution in [-0.2, 0) is 9.59 Å². The van der Waals surface area contributed by atoms with Gasteiger partial charge in [-0.15, -0.1) is 0 Å². The fraction of sp³-hybridized carbons (Fsp3) is 0.364. The summed E-state index contributed by atoms with van der Waals surface area (Å²) in [7, 11) is 1.69. The van der Waals surface area contributed by atoms with Gasteiger partial charge in [-0.3, -0.25) is 14.5 Å². The number of carbonyl (C=O) groups excluding carboxylic acids is 2. The zero-order chi connectivity index (χ0) is 22.1. The Morgan fingerprint density at radius 2 is 1.43 bits per heavy atom. The second kappa shape index (κ2) is 11.3. The van der Waals surface area contributed by atoms with Crippen molar-refractivity contribution in [2.45, 2.75) is 32.5 Å². The van der Waals surface area contributed by atoms with Crippen molar-refractivity contribution in [2.24, 2.45) is 0 Å². The number of alkyl halides is 2. The summed E-state index contributed by atoms with van der Waals surface area (Å²) in [5.41, 5.74) is 1.56. The van der Waals surface area contributed by atoms with E-state index >= 15 is 0 Å². The van der Waals surface area contributed by atoms with E-state index in [9.17, 15) is 18.4 Å². The second-order valence-electron chi connectivity index (χ2n) is 7.25. The van der Waals surface area contributed by atoms with Crippen LogP contribution >= 0.6 is 0 Å². The monoisotopic (exact) mass is 419 g/mol. The van der Waals surface area contributed by atoms with Crippen LogP contribution in [0, 0.1) is 0 Å². The number of ether oxygens (including phenoxy) is 1. The van der Waals surface area contributed by atoms with Gasteiger partial charge in [0, 0.05) is 6.04 Å². The van der Waals surface area contributed by atoms with Gasteiger partial charge in [-0.1, -0.05) is 42.5 Å². The average Bonchev–Trinajstić information content (AvgIpc) is 2.66. The minimum atomic E-state index is -2.90. The number of halogens is 2. The molecular formula is C22H27F2N3O3. The SMILES string of the molecule is CC(C)NC(=O)CN(C)CC(=O)N[C@@H](c1ccccc1)c1ccc(OC(F)F)cc1. The molecule has 30 heavy (non-hydrogen) atoms. The van der Waals surface area contributed by atoms with E-state index in [1.165, 1.54) is 12.1 Å². The first-order valence-electron chi connectivity index (χ1n) is 9.61. The Morgan fingerprint density at radius 1 is 0.900 bits per heavy atom. The lowest BCUT2D eigenvalue weighted by Crippen LogP contribution is -2.43. The van der Waals surface area contributed by atoms with E-state index in [2.05, 4.69) is 15.4 Å². The molecule has 2 amide bonds. The number of nitrogens with zero attached hydrogens (tertiary/aromatic N) is 1. The first-order chi connectivity index (χ1) is 14.2. The van der Waals surface area contributed by atoms with Crippen molar-refractivity contribution in [1.29, 1.82) is 0 Å². The highest BCUT2D eigenvalue weighted by Gasteiger charge is 2.19. The van der Waals surface area contributed by atoms with E-state index < -0.39 is 12.7 Å². The number of hydrogen-bond donors (Lipinski definition) is 2. The van der Waals surface area contributed by atoms with Gasteiger partial charge in [0.15, 0.2) is 0 Å². The Bertz CT molecular complexity index is 814. The fourth-order valence-electron chi connectivity index (χ4n) is 2.97. The Labute approximate surface area is 175 Å². The zero-order valence-electron chi connectivity index (χ0n) is 17.3. The Kier molecular flexibility index (Phi) is 8.73. The van der Waals surface area contributed by atoms with Crippen LogP contribution in [-0.4, -0.2) is 49.5 Å². The molecule has 0 unspecified atom stereocenters. The molecule has 2 rings (SSSR count). The molecule has 0 spiro atoms. The average molecular weight is 419 g/mol. The smallest absolute Gasteiger partial charge is 0.387 e. The first-order valence-corrected chi connectivity index (χ1v) is 9.61. The number of hydrogen-bond acceptors (Lipinski definition) is 4. The quantitative estimate of drug-likeness (QED) is 0.621. The van der Waals surface area contributed by atoms with E-state index in [-0.39, 0.29) is 36.7 Å². The van der Waals surface area contributed by atoms with Crippen molar-refractivity contribution >= 4 is 11.8 Å². The lowest BCUT2D eigenvalue weighted by Gasteiger charge is -2.22. The number of amides is 2. The van der Waals surface area contributed by atoms with Crippen LogP contribution in [0.1, 0.15) is 31.0 Å². The molecule has 0 saturated carbocycles. The van der Waals surface area contributed by atoms with Crippen molar-refractivity contribution in [1.82, 2.24) is 15.5 Å². The molecule has 2 aromatic rings. The first kappa shape index (κ1) is 23.3. The third-order valence-corrected chi connectivity index (χ3v) is 4.15. The maximum atomic E-state index is 12.6. The molecule has 0 aliphatic heterocycles. The van der Waals surface area contributed by atoms with Gasteiger partial charge in [0.2, 0.25) is 11.8 Å². The van der Waals surface area contributed by atoms with E-state index in [4.69, 9.17) is 0 Å². The molecule has 0 bridgehead atoms. The molecule has 2 aromatic carbocycles. The summed E-state index contributed by atoms with van der Waals surface area (Å²) in [4.78, 5) is 26.1. The molecule has 2 N–H and O–H groups in total. The molecule has 0 radical (unpaired) electrons. The zero-order valence-corrected chi connectivity index (χ0v) is 17.3. The van der Waals surface area contributed by atoms with Crippen molar-refractivity contribution in [3.8, 4) is 5.75 Å². The van der Waals surface area contributed by atoms with E-state index in [0.29, 0.717) is 0 Å². The van der Waals surface area contributed by atoms with Crippen molar-refractivity contribution in [2.75, 3.05) is 20.1 Å². The normalized spacial score (nSPS) is 12.1. The van der Waals surface area contributed by atoms with Gasteiger partial charge in [-0.2, -0.15) is 8.78 Å². The highest BCUT2D eigenvalue weighted by molar-refractivity contribution is 5.81. The maximum Gasteiger partial charge on any atom is 0.387 e. The summed E-state index contributed by atoms with van der Waals surface area (Å²) >= 11 is 0. The topological polar surface area (TPSA) is 70.7 Å². The van der Waals surface area contributed by atoms with Crippen LogP contribution in [0.2, 0.25) is 0 Å². The molecule has 0 fully saturated rings. The summed E-state index contributed by atoms with van der Waals surface area (Å²) in [6.45, 7) is 0.964. The lowest BCUT2D eigenvalue weighted by atomic mass is 9.98. The van der Waals surface area contributed by atoms with Gasteiger partial charge >= 0.3 is 6.61 Å². The van der Waals surface area contributed by atoms with Gasteiger partial charge in [0.05, 0.1) is 19.1 Å². The van der Waals surface area contributed by atoms with Crippen molar-refractivity contribution in [3.63, 3.8) is 0 Å². The fourth-order valence-corrected chi connectivity index (χ4v) is 2.97. The Morgan fingerprint density at radius 3 is 1.97 bits per heavy atom. The van der Waals surface area contributed by atoms with Crippen LogP contribution in [0.15, 0.2) is 54.6 Å². The van der Waals surface area contributed by atoms with E-state index in [1.54, 1.807) is 24.1 Å². The summed E-state index contributed by atoms with van der Waals surface area (Å²) in [5, 5.41) is 5.73. The third-order valence-electron chi connectivity index (χ3n) is 4.15. The van der Waals surface area contributed by atoms with Crippen molar-refractivity contribution < 1.29 is 23.1 Å². The molecule has 0 aromatic heterocycles. The molecule has 0 heterocycles. The molecular weight excluding hydrogens is 392 g/mol. The van der Waals surface area contributed by atoms with Crippen LogP contribution in [0.5, 0.6) is 5.75 Å². The number of likely N-dealkylation sites (N-methyl/N-ethyl adjacent to an activating group) is 1. The molecule has 1 atom stereocenters. The summed E-state index contributed by atoms with van der Waals surface area (Å²) in [6, 6.07) is 15.0. The molecule has 8 heteroatoms. The minimum absolute atomic E-state index is 0.0270. The van der Waals surface area contributed by atoms with Crippen LogP contribution < -0.4 is 15.4 Å². The van der Waals surface area contributed by atoms with Crippen LogP contribution in [0.3, 0.4) is 0 Å². The highest BCUT2D eigenvalue weighted by atomic mass is 19.3. The summed E-state index contributed by atoms with van der Waals surface area (Å²) < 4.78 is 29.2. The predicted molar refractivity (Wildman–Crippen MR) is 110 cm³/mol. The van der Waals surface area contributed by atoms with Gasteiger partial charge in [-0.05, 0) is 44.2 Å². The number of rotatable bonds is 10. The second-order valence-corrected chi connectivity index (χ2v) is 7.25. The number of benzene rings is 2. The maximum absolute atomic E-state index is 12.6. The van der Waals surface area contributed by atoms with Crippen LogP contribution in [0.25, 0.3) is 0 Å². The largest absolute Gasteiger partial charge is 0.435 e. The van der Waals surface area contributed by atoms with E-state index in [0.717, 1.165) is 11.1 Å². The van der Waals surface area contributed by atoms with Gasteiger partial charge in [0.25, 0.3) is 0 Å². The van der Waals surface area contributed by atoms with Crippen LogP contribution in [0.4, 0.5) is 8.78 Å². The number of carbonyl (C=O) groups is 2. The molecule has 162 valence electrons. The standard InChI is InChI=1S/C22H27F2N3O3/c1-15(2)25-19(28)13-27(3)14-20(29)26-21(16-7-5-4-6-8-16)17-9-11-18(12-10-17)30-22(23)24/h4-12,15,21-22H,13-14H2,1-3H3,(H,25,28)(H,26,29)/t21-/m0/s1. The van der Waals surface area contributed by atoms with Gasteiger partial charge in [-0.25, -0.2) is 0 Å². The Hall–Kier alpha value is -3.00. The van der Waals surface area contributed by atoms with Gasteiger partial charge in [0.1, 0.15) is 5.75 Å². The Balaban J connectivity index is 2.09. The summed E-state index contributed by atoms with van der Waals surface area (Å²) in [5.74, 6) is -0.381. The molecule has 6 nitrogen and oxygen atoms in total. The molecule has 0 aliphatic carbocycles. The summed E-state index contributed by atoms with van der Waals surface area (Å²) in [6.07, 6.45) is 0.